The van der Waals surface area contributed by atoms with E-state index in [0.717, 1.165) is 0 Å². The van der Waals surface area contributed by atoms with Gasteiger partial charge in [0.25, 0.3) is 5.91 Å². The van der Waals surface area contributed by atoms with Crippen LogP contribution in [0.25, 0.3) is 0 Å². The van der Waals surface area contributed by atoms with Crippen LogP contribution >= 0.6 is 27.5 Å². The molecule has 1 aromatic heterocycles. The van der Waals surface area contributed by atoms with E-state index in [4.69, 9.17) is 20.8 Å². The number of nitrogens with zero attached hydrogens (tertiary/aromatic N) is 1. The van der Waals surface area contributed by atoms with Gasteiger partial charge in [-0.3, -0.25) is 4.79 Å². The van der Waals surface area contributed by atoms with E-state index >= 15 is 0 Å². The Morgan fingerprint density at radius 1 is 1.62 bits per heavy atom. The molecule has 0 spiro atoms. The number of ether oxygens (including phenoxy) is 1. The van der Waals surface area contributed by atoms with Crippen LogP contribution in [0.4, 0.5) is 0 Å². The van der Waals surface area contributed by atoms with Crippen LogP contribution < -0.4 is 0 Å². The summed E-state index contributed by atoms with van der Waals surface area (Å²) in [6.45, 7) is 1.61. The number of rotatable bonds is 2. The van der Waals surface area contributed by atoms with Gasteiger partial charge in [-0.1, -0.05) is 0 Å². The molecule has 0 radical (unpaired) electrons. The van der Waals surface area contributed by atoms with E-state index < -0.39 is 0 Å². The van der Waals surface area contributed by atoms with Crippen molar-refractivity contribution < 1.29 is 13.9 Å². The standard InChI is InChI=1S/C10H11BrClNO3/c11-9-2-1-8(16-9)10(14)13-3-4-15-7(5-12)6-13/h1-2,7H,3-6H2. The molecule has 4 nitrogen and oxygen atoms in total. The first-order valence-corrected chi connectivity index (χ1v) is 6.25. The molecule has 1 unspecified atom stereocenters. The summed E-state index contributed by atoms with van der Waals surface area (Å²) in [7, 11) is 0. The van der Waals surface area contributed by atoms with Crippen molar-refractivity contribution >= 4 is 33.4 Å². The van der Waals surface area contributed by atoms with Gasteiger partial charge in [-0.2, -0.15) is 0 Å². The normalized spacial score (nSPS) is 21.1. The predicted molar refractivity (Wildman–Crippen MR) is 62.8 cm³/mol. The summed E-state index contributed by atoms with van der Waals surface area (Å²) >= 11 is 8.87. The van der Waals surface area contributed by atoms with E-state index in [1.807, 2.05) is 0 Å². The van der Waals surface area contributed by atoms with Gasteiger partial charge in [0.05, 0.1) is 18.6 Å². The minimum absolute atomic E-state index is 0.0854. The number of halogens is 2. The minimum Gasteiger partial charge on any atom is -0.444 e. The molecule has 1 aliphatic heterocycles. The zero-order valence-electron chi connectivity index (χ0n) is 8.49. The lowest BCUT2D eigenvalue weighted by Gasteiger charge is -2.31. The molecule has 88 valence electrons. The molecule has 16 heavy (non-hydrogen) atoms. The molecule has 1 fully saturated rings. The van der Waals surface area contributed by atoms with Crippen molar-refractivity contribution in [1.29, 1.82) is 0 Å². The average Bonchev–Trinajstić information content (AvgIpc) is 2.75. The van der Waals surface area contributed by atoms with Crippen LogP contribution in [0.3, 0.4) is 0 Å². The third-order valence-electron chi connectivity index (χ3n) is 2.38. The van der Waals surface area contributed by atoms with Gasteiger partial charge in [0.1, 0.15) is 0 Å². The number of morpholine rings is 1. The third kappa shape index (κ3) is 2.59. The van der Waals surface area contributed by atoms with Gasteiger partial charge >= 0.3 is 0 Å². The van der Waals surface area contributed by atoms with Gasteiger partial charge in [0.15, 0.2) is 10.4 Å². The van der Waals surface area contributed by atoms with Gasteiger partial charge in [-0.15, -0.1) is 11.6 Å². The summed E-state index contributed by atoms with van der Waals surface area (Å²) in [4.78, 5) is 13.7. The van der Waals surface area contributed by atoms with Crippen molar-refractivity contribution in [3.05, 3.63) is 22.6 Å². The second kappa shape index (κ2) is 5.21. The molecule has 0 aliphatic carbocycles. The molecule has 1 atom stereocenters. The summed E-state index contributed by atoms with van der Waals surface area (Å²) in [6.07, 6.45) is -0.0854. The molecule has 2 heterocycles. The molecule has 1 aliphatic rings. The van der Waals surface area contributed by atoms with Gasteiger partial charge in [-0.05, 0) is 28.1 Å². The highest BCUT2D eigenvalue weighted by atomic mass is 79.9. The first kappa shape index (κ1) is 12.0. The second-order valence-electron chi connectivity index (χ2n) is 3.50. The van der Waals surface area contributed by atoms with E-state index in [0.29, 0.717) is 36.0 Å². The number of amides is 1. The first-order valence-electron chi connectivity index (χ1n) is 4.93. The Morgan fingerprint density at radius 2 is 2.44 bits per heavy atom. The van der Waals surface area contributed by atoms with Crippen LogP contribution in [0.5, 0.6) is 0 Å². The Kier molecular flexibility index (Phi) is 3.89. The fourth-order valence-electron chi connectivity index (χ4n) is 1.58. The highest BCUT2D eigenvalue weighted by Gasteiger charge is 2.26. The zero-order chi connectivity index (χ0) is 11.5. The highest BCUT2D eigenvalue weighted by molar-refractivity contribution is 9.10. The maximum absolute atomic E-state index is 12.0. The number of furan rings is 1. The molecular formula is C10H11BrClNO3. The maximum Gasteiger partial charge on any atom is 0.289 e. The fraction of sp³-hybridized carbons (Fsp3) is 0.500. The number of hydrogen-bond acceptors (Lipinski definition) is 3. The Labute approximate surface area is 107 Å². The molecule has 1 aromatic rings. The lowest BCUT2D eigenvalue weighted by Crippen LogP contribution is -2.46. The van der Waals surface area contributed by atoms with Gasteiger partial charge in [-0.25, -0.2) is 0 Å². The first-order chi connectivity index (χ1) is 7.70. The molecule has 1 saturated heterocycles. The number of carbonyl (C=O) groups is 1. The van der Waals surface area contributed by atoms with E-state index in [2.05, 4.69) is 15.9 Å². The Morgan fingerprint density at radius 3 is 3.06 bits per heavy atom. The molecule has 0 bridgehead atoms. The molecular weight excluding hydrogens is 297 g/mol. The molecule has 0 aromatic carbocycles. The second-order valence-corrected chi connectivity index (χ2v) is 4.59. The topological polar surface area (TPSA) is 42.7 Å². The predicted octanol–water partition coefficient (Wildman–Crippen LogP) is 2.12. The smallest absolute Gasteiger partial charge is 0.289 e. The van der Waals surface area contributed by atoms with E-state index in [1.165, 1.54) is 0 Å². The van der Waals surface area contributed by atoms with Crippen molar-refractivity contribution in [2.45, 2.75) is 6.10 Å². The summed E-state index contributed by atoms with van der Waals surface area (Å²) in [6, 6.07) is 3.35. The van der Waals surface area contributed by atoms with Crippen molar-refractivity contribution in [1.82, 2.24) is 4.90 Å². The van der Waals surface area contributed by atoms with Crippen LogP contribution in [0, 0.1) is 0 Å². The lowest BCUT2D eigenvalue weighted by atomic mass is 10.2. The molecule has 0 saturated carbocycles. The summed E-state index contributed by atoms with van der Waals surface area (Å²) in [5.74, 6) is 0.609. The molecule has 2 rings (SSSR count). The van der Waals surface area contributed by atoms with E-state index in [9.17, 15) is 4.79 Å². The van der Waals surface area contributed by atoms with Crippen LogP contribution in [-0.4, -0.2) is 42.5 Å². The SMILES string of the molecule is O=C(c1ccc(Br)o1)N1CCOC(CCl)C1. The summed E-state index contributed by atoms with van der Waals surface area (Å²) < 4.78 is 11.2. The van der Waals surface area contributed by atoms with Crippen LogP contribution in [0.2, 0.25) is 0 Å². The van der Waals surface area contributed by atoms with Gasteiger partial charge in [0.2, 0.25) is 0 Å². The Bertz CT molecular complexity index is 382. The van der Waals surface area contributed by atoms with Crippen molar-refractivity contribution in [3.63, 3.8) is 0 Å². The van der Waals surface area contributed by atoms with E-state index in [-0.39, 0.29) is 12.0 Å². The Hall–Kier alpha value is -0.520. The zero-order valence-corrected chi connectivity index (χ0v) is 10.8. The van der Waals surface area contributed by atoms with Crippen molar-refractivity contribution in [3.8, 4) is 0 Å². The van der Waals surface area contributed by atoms with Crippen LogP contribution in [-0.2, 0) is 4.74 Å². The molecule has 0 N–H and O–H groups in total. The lowest BCUT2D eigenvalue weighted by molar-refractivity contribution is -0.0119. The molecule has 1 amide bonds. The number of carbonyl (C=O) groups excluding carboxylic acids is 1. The number of hydrogen-bond donors (Lipinski definition) is 0. The van der Waals surface area contributed by atoms with E-state index in [1.54, 1.807) is 17.0 Å². The largest absolute Gasteiger partial charge is 0.444 e. The maximum atomic E-state index is 12.0. The minimum atomic E-state index is -0.121. The highest BCUT2D eigenvalue weighted by Crippen LogP contribution is 2.17. The van der Waals surface area contributed by atoms with Gasteiger partial charge in [0, 0.05) is 13.1 Å². The van der Waals surface area contributed by atoms with Crippen LogP contribution in [0.15, 0.2) is 21.2 Å². The Balaban J connectivity index is 2.04. The van der Waals surface area contributed by atoms with Crippen molar-refractivity contribution in [2.75, 3.05) is 25.6 Å². The van der Waals surface area contributed by atoms with Gasteiger partial charge < -0.3 is 14.1 Å². The fourth-order valence-corrected chi connectivity index (χ4v) is 2.08. The monoisotopic (exact) mass is 307 g/mol. The van der Waals surface area contributed by atoms with Crippen molar-refractivity contribution in [2.24, 2.45) is 0 Å². The van der Waals surface area contributed by atoms with Crippen LogP contribution in [0.1, 0.15) is 10.6 Å². The number of alkyl halides is 1. The average molecular weight is 309 g/mol. The third-order valence-corrected chi connectivity index (χ3v) is 3.15. The summed E-state index contributed by atoms with van der Waals surface area (Å²) in [5.41, 5.74) is 0. The molecule has 6 heteroatoms. The quantitative estimate of drug-likeness (QED) is 0.786. The summed E-state index contributed by atoms with van der Waals surface area (Å²) in [5, 5.41) is 0.